The van der Waals surface area contributed by atoms with E-state index < -0.39 is 0 Å². The minimum absolute atomic E-state index is 0.274. The van der Waals surface area contributed by atoms with Gasteiger partial charge < -0.3 is 4.42 Å². The predicted molar refractivity (Wildman–Crippen MR) is 79.1 cm³/mol. The van der Waals surface area contributed by atoms with Crippen molar-refractivity contribution in [2.75, 3.05) is 0 Å². The number of para-hydroxylation sites is 1. The van der Waals surface area contributed by atoms with Gasteiger partial charge >= 0.3 is 0 Å². The molecular weight excluding hydrogens is 320 g/mol. The Morgan fingerprint density at radius 1 is 1.15 bits per heavy atom. The molecule has 6 heteroatoms. The summed E-state index contributed by atoms with van der Waals surface area (Å²) in [5, 5.41) is 4.36. The summed E-state index contributed by atoms with van der Waals surface area (Å²) in [5.41, 5.74) is 4.64. The van der Waals surface area contributed by atoms with E-state index in [1.807, 2.05) is 53.2 Å². The van der Waals surface area contributed by atoms with E-state index in [4.69, 9.17) is 10.3 Å². The van der Waals surface area contributed by atoms with Crippen LogP contribution in [0.1, 0.15) is 17.5 Å². The van der Waals surface area contributed by atoms with Gasteiger partial charge in [0.2, 0.25) is 0 Å². The summed E-state index contributed by atoms with van der Waals surface area (Å²) in [6.07, 6.45) is 1.74. The predicted octanol–water partition coefficient (Wildman–Crippen LogP) is 2.78. The second kappa shape index (κ2) is 5.62. The number of hydrogen-bond acceptors (Lipinski definition) is 4. The lowest BCUT2D eigenvalue weighted by Gasteiger charge is -2.15. The van der Waals surface area contributed by atoms with Gasteiger partial charge in [0.15, 0.2) is 4.67 Å². The van der Waals surface area contributed by atoms with Crippen molar-refractivity contribution in [3.8, 4) is 5.69 Å². The lowest BCUT2D eigenvalue weighted by atomic mass is 10.1. The molecule has 0 fully saturated rings. The van der Waals surface area contributed by atoms with Crippen molar-refractivity contribution in [3.63, 3.8) is 0 Å². The van der Waals surface area contributed by atoms with Gasteiger partial charge in [0.05, 0.1) is 11.4 Å². The van der Waals surface area contributed by atoms with Gasteiger partial charge in [-0.1, -0.05) is 18.2 Å². The molecule has 3 aromatic rings. The lowest BCUT2D eigenvalue weighted by molar-refractivity contribution is 0.429. The summed E-state index contributed by atoms with van der Waals surface area (Å²) in [5.74, 6) is 6.41. The molecule has 2 heterocycles. The first-order valence-electron chi connectivity index (χ1n) is 6.10. The number of nitrogens with two attached hydrogens (primary N) is 1. The molecule has 0 amide bonds. The Labute approximate surface area is 124 Å². The molecule has 3 N–H and O–H groups in total. The van der Waals surface area contributed by atoms with Gasteiger partial charge in [-0.05, 0) is 46.3 Å². The van der Waals surface area contributed by atoms with Gasteiger partial charge in [-0.3, -0.25) is 5.84 Å². The third-order valence-corrected chi connectivity index (χ3v) is 3.44. The number of benzene rings is 1. The molecule has 0 aliphatic heterocycles. The topological polar surface area (TPSA) is 69.0 Å². The Morgan fingerprint density at radius 3 is 2.60 bits per heavy atom. The molecule has 1 unspecified atom stereocenters. The van der Waals surface area contributed by atoms with Gasteiger partial charge in [0, 0.05) is 6.20 Å². The Bertz CT molecular complexity index is 692. The molecule has 1 aromatic carbocycles. The summed E-state index contributed by atoms with van der Waals surface area (Å²) < 4.78 is 8.08. The Morgan fingerprint density at radius 2 is 1.95 bits per heavy atom. The van der Waals surface area contributed by atoms with Crippen molar-refractivity contribution >= 4 is 15.9 Å². The molecule has 0 spiro atoms. The van der Waals surface area contributed by atoms with E-state index in [0.29, 0.717) is 4.67 Å². The molecule has 20 heavy (non-hydrogen) atoms. The quantitative estimate of drug-likeness (QED) is 0.569. The third kappa shape index (κ3) is 2.40. The van der Waals surface area contributed by atoms with Crippen LogP contribution in [-0.4, -0.2) is 9.78 Å². The average molecular weight is 333 g/mol. The summed E-state index contributed by atoms with van der Waals surface area (Å²) in [6.45, 7) is 0. The first kappa shape index (κ1) is 13.1. The van der Waals surface area contributed by atoms with Crippen molar-refractivity contribution in [1.82, 2.24) is 15.2 Å². The molecule has 0 bridgehead atoms. The highest BCUT2D eigenvalue weighted by molar-refractivity contribution is 9.10. The first-order valence-corrected chi connectivity index (χ1v) is 6.89. The van der Waals surface area contributed by atoms with Crippen LogP contribution in [0.15, 0.2) is 63.8 Å². The van der Waals surface area contributed by atoms with E-state index in [0.717, 1.165) is 17.1 Å². The number of hydrogen-bond donors (Lipinski definition) is 2. The van der Waals surface area contributed by atoms with Crippen molar-refractivity contribution in [1.29, 1.82) is 0 Å². The molecule has 0 aliphatic carbocycles. The summed E-state index contributed by atoms with van der Waals surface area (Å²) in [7, 11) is 0. The maximum Gasteiger partial charge on any atom is 0.169 e. The number of halogens is 1. The van der Waals surface area contributed by atoms with Crippen LogP contribution in [0.2, 0.25) is 0 Å². The number of nitrogens with zero attached hydrogens (tertiary/aromatic N) is 2. The molecule has 0 aliphatic rings. The van der Waals surface area contributed by atoms with E-state index in [1.54, 1.807) is 6.20 Å². The number of aromatic nitrogens is 2. The molecule has 1 atom stereocenters. The van der Waals surface area contributed by atoms with Crippen LogP contribution in [0, 0.1) is 0 Å². The average Bonchev–Trinajstić information content (AvgIpc) is 3.11. The monoisotopic (exact) mass is 332 g/mol. The maximum absolute atomic E-state index is 5.69. The van der Waals surface area contributed by atoms with Crippen LogP contribution in [-0.2, 0) is 0 Å². The highest BCUT2D eigenvalue weighted by atomic mass is 79.9. The van der Waals surface area contributed by atoms with Gasteiger partial charge in [-0.25, -0.2) is 10.1 Å². The number of furan rings is 1. The van der Waals surface area contributed by atoms with E-state index in [1.165, 1.54) is 0 Å². The Hall–Kier alpha value is -1.89. The smallest absolute Gasteiger partial charge is 0.169 e. The zero-order valence-corrected chi connectivity index (χ0v) is 12.1. The number of rotatable bonds is 4. The zero-order chi connectivity index (χ0) is 13.9. The third-order valence-electron chi connectivity index (χ3n) is 3.01. The van der Waals surface area contributed by atoms with Crippen LogP contribution >= 0.6 is 15.9 Å². The second-order valence-electron chi connectivity index (χ2n) is 4.24. The van der Waals surface area contributed by atoms with Gasteiger partial charge in [-0.2, -0.15) is 5.10 Å². The normalized spacial score (nSPS) is 12.5. The minimum Gasteiger partial charge on any atom is -0.452 e. The largest absolute Gasteiger partial charge is 0.452 e. The summed E-state index contributed by atoms with van der Waals surface area (Å²) in [4.78, 5) is 0. The standard InChI is InChI=1S/C14H13BrN4O/c15-13-7-6-12(20-13)14(18-16)11-8-9-17-19(11)10-4-2-1-3-5-10/h1-9,14,18H,16H2. The van der Waals surface area contributed by atoms with E-state index in [2.05, 4.69) is 26.5 Å². The van der Waals surface area contributed by atoms with Crippen LogP contribution < -0.4 is 11.3 Å². The van der Waals surface area contributed by atoms with Gasteiger partial charge in [0.25, 0.3) is 0 Å². The fourth-order valence-corrected chi connectivity index (χ4v) is 2.43. The zero-order valence-electron chi connectivity index (χ0n) is 10.5. The summed E-state index contributed by atoms with van der Waals surface area (Å²) in [6, 6.07) is 15.2. The lowest BCUT2D eigenvalue weighted by Crippen LogP contribution is -2.30. The van der Waals surface area contributed by atoms with Crippen LogP contribution in [0.4, 0.5) is 0 Å². The van der Waals surface area contributed by atoms with E-state index in [-0.39, 0.29) is 6.04 Å². The van der Waals surface area contributed by atoms with E-state index in [9.17, 15) is 0 Å². The van der Waals surface area contributed by atoms with Crippen molar-refractivity contribution < 1.29 is 4.42 Å². The van der Waals surface area contributed by atoms with Crippen LogP contribution in [0.25, 0.3) is 5.69 Å². The van der Waals surface area contributed by atoms with Crippen LogP contribution in [0.5, 0.6) is 0 Å². The minimum atomic E-state index is -0.274. The highest BCUT2D eigenvalue weighted by Crippen LogP contribution is 2.26. The first-order chi connectivity index (χ1) is 9.79. The molecular formula is C14H13BrN4O. The molecule has 0 saturated heterocycles. The molecule has 0 saturated carbocycles. The molecule has 3 rings (SSSR count). The molecule has 5 nitrogen and oxygen atoms in total. The highest BCUT2D eigenvalue weighted by Gasteiger charge is 2.20. The fraction of sp³-hybridized carbons (Fsp3) is 0.0714. The maximum atomic E-state index is 5.69. The van der Waals surface area contributed by atoms with E-state index >= 15 is 0 Å². The molecule has 102 valence electrons. The van der Waals surface area contributed by atoms with Crippen molar-refractivity contribution in [2.24, 2.45) is 5.84 Å². The van der Waals surface area contributed by atoms with Crippen molar-refractivity contribution in [3.05, 3.63) is 70.9 Å². The SMILES string of the molecule is NNC(c1ccc(Br)o1)c1ccnn1-c1ccccc1. The van der Waals surface area contributed by atoms with Gasteiger partial charge in [0.1, 0.15) is 11.8 Å². The number of hydrazine groups is 1. The second-order valence-corrected chi connectivity index (χ2v) is 5.03. The van der Waals surface area contributed by atoms with Gasteiger partial charge in [-0.15, -0.1) is 0 Å². The van der Waals surface area contributed by atoms with Crippen LogP contribution in [0.3, 0.4) is 0 Å². The summed E-state index contributed by atoms with van der Waals surface area (Å²) >= 11 is 3.30. The Kier molecular flexibility index (Phi) is 3.68. The van der Waals surface area contributed by atoms with Crippen molar-refractivity contribution in [2.45, 2.75) is 6.04 Å². The molecule has 0 radical (unpaired) electrons. The fourth-order valence-electron chi connectivity index (χ4n) is 2.11. The Balaban J connectivity index is 2.04. The molecule has 2 aromatic heterocycles. The number of nitrogens with one attached hydrogen (secondary N) is 1.